The zero-order valence-corrected chi connectivity index (χ0v) is 24.6. The predicted octanol–water partition coefficient (Wildman–Crippen LogP) is 5.78. The number of ether oxygens (including phenoxy) is 1. The molecule has 1 heterocycles. The van der Waals surface area contributed by atoms with E-state index >= 15 is 0 Å². The van der Waals surface area contributed by atoms with Crippen LogP contribution in [-0.2, 0) is 41.1 Å². The number of carboxylic acids is 1. The monoisotopic (exact) mass is 571 g/mol. The summed E-state index contributed by atoms with van der Waals surface area (Å²) < 4.78 is 25.6. The molecule has 0 radical (unpaired) electrons. The van der Waals surface area contributed by atoms with Gasteiger partial charge in [-0.3, -0.25) is 18.7 Å². The Morgan fingerprint density at radius 3 is 2.20 bits per heavy atom. The number of aliphatic carboxylic acids is 1. The van der Waals surface area contributed by atoms with Crippen molar-refractivity contribution in [3.05, 3.63) is 71.8 Å². The van der Waals surface area contributed by atoms with Crippen LogP contribution in [0, 0.1) is 11.8 Å². The summed E-state index contributed by atoms with van der Waals surface area (Å²) in [7, 11) is -3.63. The molecule has 1 N–H and O–H groups in total. The normalized spacial score (nSPS) is 19.2. The zero-order valence-electron chi connectivity index (χ0n) is 23.7. The number of aryl methyl sites for hydroxylation is 1. The molecule has 2 aromatic rings. The van der Waals surface area contributed by atoms with Crippen molar-refractivity contribution in [1.29, 1.82) is 0 Å². The van der Waals surface area contributed by atoms with Crippen LogP contribution < -0.4 is 0 Å². The molecule has 0 bridgehead atoms. The van der Waals surface area contributed by atoms with E-state index in [4.69, 9.17) is 9.26 Å². The summed E-state index contributed by atoms with van der Waals surface area (Å²) in [6.07, 6.45) is 1.87. The van der Waals surface area contributed by atoms with Crippen LogP contribution in [0.25, 0.3) is 0 Å². The lowest BCUT2D eigenvalue weighted by Crippen LogP contribution is -2.42. The maximum absolute atomic E-state index is 14.2. The third-order valence-electron chi connectivity index (χ3n) is 7.17. The van der Waals surface area contributed by atoms with Crippen LogP contribution >= 0.6 is 7.37 Å². The van der Waals surface area contributed by atoms with Crippen LogP contribution in [-0.4, -0.2) is 59.1 Å². The SMILES string of the molecule is CCC(=O)O[C@H](OP(=O)(CCCCc1ccccc1)CC(=O)N1C[C@H](Cc2ccccc2)C[C@H]1C(=O)O)C(C)C. The lowest BCUT2D eigenvalue weighted by atomic mass is 9.97. The van der Waals surface area contributed by atoms with Gasteiger partial charge in [0.2, 0.25) is 19.6 Å². The summed E-state index contributed by atoms with van der Waals surface area (Å²) in [6.45, 7) is 5.53. The van der Waals surface area contributed by atoms with E-state index in [-0.39, 0.29) is 31.0 Å². The fourth-order valence-electron chi connectivity index (χ4n) is 5.00. The van der Waals surface area contributed by atoms with Crippen molar-refractivity contribution in [2.75, 3.05) is 18.9 Å². The first-order valence-electron chi connectivity index (χ1n) is 14.2. The minimum atomic E-state index is -3.63. The van der Waals surface area contributed by atoms with Crippen LogP contribution in [0.3, 0.4) is 0 Å². The van der Waals surface area contributed by atoms with Crippen molar-refractivity contribution in [2.24, 2.45) is 11.8 Å². The van der Waals surface area contributed by atoms with Crippen molar-refractivity contribution in [1.82, 2.24) is 4.90 Å². The molecule has 4 atom stereocenters. The van der Waals surface area contributed by atoms with E-state index in [0.29, 0.717) is 19.3 Å². The molecule has 0 aliphatic carbocycles. The second-order valence-electron chi connectivity index (χ2n) is 10.9. The summed E-state index contributed by atoms with van der Waals surface area (Å²) in [6, 6.07) is 18.7. The van der Waals surface area contributed by atoms with E-state index < -0.39 is 43.7 Å². The number of carboxylic acid groups (broad SMARTS) is 1. The van der Waals surface area contributed by atoms with E-state index in [1.54, 1.807) is 20.8 Å². The maximum atomic E-state index is 14.2. The van der Waals surface area contributed by atoms with Gasteiger partial charge in [-0.25, -0.2) is 4.79 Å². The van der Waals surface area contributed by atoms with Gasteiger partial charge in [0.1, 0.15) is 12.2 Å². The fraction of sp³-hybridized carbons (Fsp3) is 0.516. The average Bonchev–Trinajstić information content (AvgIpc) is 3.36. The first-order chi connectivity index (χ1) is 19.1. The highest BCUT2D eigenvalue weighted by Gasteiger charge is 2.42. The summed E-state index contributed by atoms with van der Waals surface area (Å²) in [5.74, 6) is -2.35. The number of esters is 1. The first-order valence-corrected chi connectivity index (χ1v) is 16.2. The summed E-state index contributed by atoms with van der Waals surface area (Å²) in [5, 5.41) is 9.89. The molecule has 218 valence electrons. The molecule has 40 heavy (non-hydrogen) atoms. The van der Waals surface area contributed by atoms with Crippen LogP contribution in [0.1, 0.15) is 57.6 Å². The Bertz CT molecular complexity index is 1150. The Morgan fingerprint density at radius 1 is 1.00 bits per heavy atom. The molecule has 8 nitrogen and oxygen atoms in total. The van der Waals surface area contributed by atoms with Gasteiger partial charge in [-0.15, -0.1) is 0 Å². The summed E-state index contributed by atoms with van der Waals surface area (Å²) in [4.78, 5) is 39.0. The van der Waals surface area contributed by atoms with E-state index in [0.717, 1.165) is 24.0 Å². The molecular weight excluding hydrogens is 529 g/mol. The van der Waals surface area contributed by atoms with Crippen molar-refractivity contribution in [3.63, 3.8) is 0 Å². The van der Waals surface area contributed by atoms with Crippen molar-refractivity contribution >= 4 is 25.2 Å². The molecule has 1 fully saturated rings. The predicted molar refractivity (Wildman–Crippen MR) is 154 cm³/mol. The Balaban J connectivity index is 1.73. The molecule has 1 amide bonds. The standard InChI is InChI=1S/C31H42NO7P/c1-4-29(34)38-31(23(2)3)39-40(37,18-12-11-15-24-13-7-5-8-14-24)22-28(33)32-21-26(20-27(32)30(35)36)19-25-16-9-6-10-17-25/h5-10,13-14,16-17,23,26-27,31H,4,11-12,15,18-22H2,1-3H3,(H,35,36)/t26-,27+,31-,40?/m1/s1. The van der Waals surface area contributed by atoms with Crippen molar-refractivity contribution < 1.29 is 33.3 Å². The molecule has 1 aliphatic heterocycles. The lowest BCUT2D eigenvalue weighted by molar-refractivity contribution is -0.169. The van der Waals surface area contributed by atoms with Gasteiger partial charge in [-0.05, 0) is 49.1 Å². The quantitative estimate of drug-likeness (QED) is 0.125. The minimum absolute atomic E-state index is 0.0208. The molecule has 2 aromatic carbocycles. The number of hydrogen-bond donors (Lipinski definition) is 1. The van der Waals surface area contributed by atoms with Gasteiger partial charge >= 0.3 is 11.9 Å². The minimum Gasteiger partial charge on any atom is -0.480 e. The molecule has 0 aromatic heterocycles. The highest BCUT2D eigenvalue weighted by atomic mass is 31.2. The third kappa shape index (κ3) is 9.60. The van der Waals surface area contributed by atoms with Gasteiger partial charge in [0, 0.05) is 25.0 Å². The van der Waals surface area contributed by atoms with E-state index in [2.05, 4.69) is 0 Å². The van der Waals surface area contributed by atoms with Gasteiger partial charge in [0.05, 0.1) is 0 Å². The van der Waals surface area contributed by atoms with Gasteiger partial charge in [-0.1, -0.05) is 81.4 Å². The first kappa shape index (κ1) is 31.6. The molecule has 1 unspecified atom stereocenters. The van der Waals surface area contributed by atoms with Crippen molar-refractivity contribution in [2.45, 2.75) is 71.6 Å². The topological polar surface area (TPSA) is 110 Å². The largest absolute Gasteiger partial charge is 0.480 e. The van der Waals surface area contributed by atoms with Crippen LogP contribution in [0.5, 0.6) is 0 Å². The highest BCUT2D eigenvalue weighted by molar-refractivity contribution is 7.59. The number of nitrogens with zero attached hydrogens (tertiary/aromatic N) is 1. The van der Waals surface area contributed by atoms with Gasteiger partial charge in [0.25, 0.3) is 0 Å². The molecule has 9 heteroatoms. The second-order valence-corrected chi connectivity index (χ2v) is 13.5. The Labute approximate surface area is 237 Å². The number of hydrogen-bond acceptors (Lipinski definition) is 6. The molecule has 1 aliphatic rings. The Kier molecular flexibility index (Phi) is 12.0. The number of unbranched alkanes of at least 4 members (excludes halogenated alkanes) is 1. The summed E-state index contributed by atoms with van der Waals surface area (Å²) in [5.41, 5.74) is 2.24. The highest BCUT2D eigenvalue weighted by Crippen LogP contribution is 2.50. The summed E-state index contributed by atoms with van der Waals surface area (Å²) >= 11 is 0. The maximum Gasteiger partial charge on any atom is 0.326 e. The number of carbonyl (C=O) groups is 3. The Morgan fingerprint density at radius 2 is 1.62 bits per heavy atom. The molecular formula is C31H42NO7P. The van der Waals surface area contributed by atoms with Crippen molar-refractivity contribution in [3.8, 4) is 0 Å². The average molecular weight is 572 g/mol. The third-order valence-corrected chi connectivity index (χ3v) is 9.51. The van der Waals surface area contributed by atoms with Gasteiger partial charge in [0.15, 0.2) is 0 Å². The number of benzene rings is 2. The molecule has 0 saturated carbocycles. The Hall–Kier alpha value is -2.96. The second kappa shape index (κ2) is 15.2. The van der Waals surface area contributed by atoms with Gasteiger partial charge in [-0.2, -0.15) is 0 Å². The lowest BCUT2D eigenvalue weighted by Gasteiger charge is -2.29. The fourth-order valence-corrected chi connectivity index (χ4v) is 7.30. The van der Waals surface area contributed by atoms with E-state index in [1.807, 2.05) is 60.7 Å². The molecule has 1 saturated heterocycles. The smallest absolute Gasteiger partial charge is 0.326 e. The number of likely N-dealkylation sites (tertiary alicyclic amines) is 1. The van der Waals surface area contributed by atoms with E-state index in [9.17, 15) is 24.1 Å². The number of amides is 1. The molecule has 3 rings (SSSR count). The van der Waals surface area contributed by atoms with Crippen LogP contribution in [0.15, 0.2) is 60.7 Å². The molecule has 0 spiro atoms. The van der Waals surface area contributed by atoms with Crippen LogP contribution in [0.4, 0.5) is 0 Å². The zero-order chi connectivity index (χ0) is 29.1. The van der Waals surface area contributed by atoms with Gasteiger partial charge < -0.3 is 14.7 Å². The van der Waals surface area contributed by atoms with E-state index in [1.165, 1.54) is 4.90 Å². The number of rotatable bonds is 15. The van der Waals surface area contributed by atoms with Crippen LogP contribution in [0.2, 0.25) is 0 Å². The number of carbonyl (C=O) groups excluding carboxylic acids is 2.